The number of nitrogens with one attached hydrogen (secondary N) is 2. The van der Waals surface area contributed by atoms with Crippen molar-refractivity contribution >= 4 is 23.4 Å². The van der Waals surface area contributed by atoms with Crippen molar-refractivity contribution in [1.29, 1.82) is 0 Å². The standard InChI is InChI=1S/C15H21N3O4/c1-10(2)22-9-3-8-17-14(20)15(21)18-13(19)11-4-6-12(16)7-5-11/h4-7,10H,3,8-9,16H2,1-2H3,(H,17,20)(H,18,19,21). The Hall–Kier alpha value is -2.41. The first-order valence-electron chi connectivity index (χ1n) is 7.01. The molecule has 7 nitrogen and oxygen atoms in total. The van der Waals surface area contributed by atoms with Gasteiger partial charge in [0, 0.05) is 24.4 Å². The number of ether oxygens (including phenoxy) is 1. The zero-order chi connectivity index (χ0) is 16.5. The maximum absolute atomic E-state index is 11.7. The molecule has 0 saturated heterocycles. The largest absolute Gasteiger partial charge is 0.399 e. The van der Waals surface area contributed by atoms with Crippen LogP contribution in [0.3, 0.4) is 0 Å². The molecule has 0 aliphatic carbocycles. The second-order valence-corrected chi connectivity index (χ2v) is 4.93. The molecule has 1 aromatic carbocycles. The number of nitrogen functional groups attached to an aromatic ring is 1. The van der Waals surface area contributed by atoms with E-state index in [9.17, 15) is 14.4 Å². The third-order valence-electron chi connectivity index (χ3n) is 2.66. The van der Waals surface area contributed by atoms with Gasteiger partial charge in [-0.2, -0.15) is 0 Å². The van der Waals surface area contributed by atoms with Gasteiger partial charge in [0.1, 0.15) is 0 Å². The lowest BCUT2D eigenvalue weighted by Crippen LogP contribution is -2.43. The summed E-state index contributed by atoms with van der Waals surface area (Å²) in [5, 5.41) is 4.43. The summed E-state index contributed by atoms with van der Waals surface area (Å²) in [5.41, 5.74) is 6.26. The summed E-state index contributed by atoms with van der Waals surface area (Å²) in [4.78, 5) is 34.8. The van der Waals surface area contributed by atoms with Crippen LogP contribution in [0.2, 0.25) is 0 Å². The summed E-state index contributed by atoms with van der Waals surface area (Å²) in [6, 6.07) is 6.01. The minimum Gasteiger partial charge on any atom is -0.399 e. The third kappa shape index (κ3) is 6.36. The van der Waals surface area contributed by atoms with E-state index in [1.54, 1.807) is 0 Å². The average Bonchev–Trinajstić information content (AvgIpc) is 2.46. The van der Waals surface area contributed by atoms with Crippen LogP contribution in [0.25, 0.3) is 0 Å². The molecule has 3 amide bonds. The van der Waals surface area contributed by atoms with Gasteiger partial charge in [0.05, 0.1) is 6.10 Å². The molecule has 0 atom stereocenters. The number of hydrogen-bond acceptors (Lipinski definition) is 5. The van der Waals surface area contributed by atoms with E-state index in [0.29, 0.717) is 25.3 Å². The molecular formula is C15H21N3O4. The molecular weight excluding hydrogens is 286 g/mol. The second-order valence-electron chi connectivity index (χ2n) is 4.93. The highest BCUT2D eigenvalue weighted by molar-refractivity contribution is 6.38. The fourth-order valence-electron chi connectivity index (χ4n) is 1.54. The van der Waals surface area contributed by atoms with Crippen LogP contribution in [0.4, 0.5) is 5.69 Å². The first-order valence-corrected chi connectivity index (χ1v) is 7.01. The number of carbonyl (C=O) groups is 3. The molecule has 0 unspecified atom stereocenters. The quantitative estimate of drug-likeness (QED) is 0.401. The fraction of sp³-hybridized carbons (Fsp3) is 0.400. The molecule has 0 radical (unpaired) electrons. The van der Waals surface area contributed by atoms with Crippen molar-refractivity contribution < 1.29 is 19.1 Å². The summed E-state index contributed by atoms with van der Waals surface area (Å²) in [7, 11) is 0. The van der Waals surface area contributed by atoms with Gasteiger partial charge in [0.15, 0.2) is 0 Å². The lowest BCUT2D eigenvalue weighted by Gasteiger charge is -2.08. The van der Waals surface area contributed by atoms with Crippen LogP contribution in [0, 0.1) is 0 Å². The number of amides is 3. The van der Waals surface area contributed by atoms with Crippen LogP contribution in [-0.2, 0) is 14.3 Å². The molecule has 22 heavy (non-hydrogen) atoms. The molecule has 7 heteroatoms. The number of imide groups is 1. The molecule has 0 spiro atoms. The number of benzene rings is 1. The van der Waals surface area contributed by atoms with E-state index in [1.807, 2.05) is 19.2 Å². The first-order chi connectivity index (χ1) is 10.4. The van der Waals surface area contributed by atoms with E-state index in [2.05, 4.69) is 5.32 Å². The Morgan fingerprint density at radius 3 is 2.36 bits per heavy atom. The van der Waals surface area contributed by atoms with Crippen molar-refractivity contribution in [3.8, 4) is 0 Å². The van der Waals surface area contributed by atoms with Gasteiger partial charge < -0.3 is 15.8 Å². The molecule has 0 bridgehead atoms. The zero-order valence-electron chi connectivity index (χ0n) is 12.7. The summed E-state index contributed by atoms with van der Waals surface area (Å²) in [6.45, 7) is 4.61. The Morgan fingerprint density at radius 2 is 1.77 bits per heavy atom. The number of rotatable bonds is 6. The van der Waals surface area contributed by atoms with E-state index < -0.39 is 17.7 Å². The topological polar surface area (TPSA) is 111 Å². The molecule has 0 heterocycles. The van der Waals surface area contributed by atoms with E-state index in [4.69, 9.17) is 10.5 Å². The van der Waals surface area contributed by atoms with Crippen molar-refractivity contribution in [2.45, 2.75) is 26.4 Å². The molecule has 0 aliphatic rings. The maximum atomic E-state index is 11.7. The van der Waals surface area contributed by atoms with Gasteiger partial charge in [-0.1, -0.05) is 0 Å². The highest BCUT2D eigenvalue weighted by Gasteiger charge is 2.17. The Balaban J connectivity index is 2.33. The van der Waals surface area contributed by atoms with Gasteiger partial charge in [-0.15, -0.1) is 0 Å². The molecule has 0 aliphatic heterocycles. The Kier molecular flexibility index (Phi) is 7.04. The van der Waals surface area contributed by atoms with Crippen LogP contribution in [0.5, 0.6) is 0 Å². The second kappa shape index (κ2) is 8.78. The van der Waals surface area contributed by atoms with Crippen LogP contribution < -0.4 is 16.4 Å². The first kappa shape index (κ1) is 17.6. The molecule has 4 N–H and O–H groups in total. The number of carbonyl (C=O) groups excluding carboxylic acids is 3. The predicted molar refractivity (Wildman–Crippen MR) is 82.0 cm³/mol. The Morgan fingerprint density at radius 1 is 1.14 bits per heavy atom. The number of nitrogens with two attached hydrogens (primary N) is 1. The van der Waals surface area contributed by atoms with E-state index in [1.165, 1.54) is 24.3 Å². The van der Waals surface area contributed by atoms with Gasteiger partial charge in [-0.3, -0.25) is 19.7 Å². The third-order valence-corrected chi connectivity index (χ3v) is 2.66. The Bertz CT molecular complexity index is 526. The van der Waals surface area contributed by atoms with Crippen molar-refractivity contribution in [3.63, 3.8) is 0 Å². The lowest BCUT2D eigenvalue weighted by molar-refractivity contribution is -0.138. The summed E-state index contributed by atoms with van der Waals surface area (Å²) >= 11 is 0. The summed E-state index contributed by atoms with van der Waals surface area (Å²) in [5.74, 6) is -2.50. The van der Waals surface area contributed by atoms with Crippen LogP contribution in [0.1, 0.15) is 30.6 Å². The number of hydrogen-bond donors (Lipinski definition) is 3. The summed E-state index contributed by atoms with van der Waals surface area (Å²) < 4.78 is 5.30. The molecule has 1 aromatic rings. The molecule has 1 rings (SSSR count). The minimum atomic E-state index is -0.994. The number of anilines is 1. The highest BCUT2D eigenvalue weighted by Crippen LogP contribution is 2.04. The van der Waals surface area contributed by atoms with Gasteiger partial charge in [-0.05, 0) is 44.5 Å². The Labute approximate surface area is 129 Å². The van der Waals surface area contributed by atoms with E-state index in [-0.39, 0.29) is 11.7 Å². The fourth-order valence-corrected chi connectivity index (χ4v) is 1.54. The van der Waals surface area contributed by atoms with Gasteiger partial charge in [0.25, 0.3) is 5.91 Å². The van der Waals surface area contributed by atoms with Crippen molar-refractivity contribution in [1.82, 2.24) is 10.6 Å². The molecule has 0 fully saturated rings. The van der Waals surface area contributed by atoms with Crippen molar-refractivity contribution in [2.24, 2.45) is 0 Å². The monoisotopic (exact) mass is 307 g/mol. The average molecular weight is 307 g/mol. The zero-order valence-corrected chi connectivity index (χ0v) is 12.7. The van der Waals surface area contributed by atoms with Gasteiger partial charge >= 0.3 is 11.8 Å². The van der Waals surface area contributed by atoms with Gasteiger partial charge in [-0.25, -0.2) is 0 Å². The normalized spacial score (nSPS) is 10.3. The smallest absolute Gasteiger partial charge is 0.316 e. The molecule has 0 saturated carbocycles. The molecule has 0 aromatic heterocycles. The van der Waals surface area contributed by atoms with Crippen LogP contribution in [-0.4, -0.2) is 37.0 Å². The highest BCUT2D eigenvalue weighted by atomic mass is 16.5. The molecule has 120 valence electrons. The van der Waals surface area contributed by atoms with Crippen LogP contribution in [0.15, 0.2) is 24.3 Å². The minimum absolute atomic E-state index is 0.122. The van der Waals surface area contributed by atoms with E-state index in [0.717, 1.165) is 0 Å². The lowest BCUT2D eigenvalue weighted by atomic mass is 10.2. The van der Waals surface area contributed by atoms with E-state index >= 15 is 0 Å². The summed E-state index contributed by atoms with van der Waals surface area (Å²) in [6.07, 6.45) is 0.708. The predicted octanol–water partition coefficient (Wildman–Crippen LogP) is 0.457. The van der Waals surface area contributed by atoms with Crippen LogP contribution >= 0.6 is 0 Å². The van der Waals surface area contributed by atoms with Crippen molar-refractivity contribution in [2.75, 3.05) is 18.9 Å². The maximum Gasteiger partial charge on any atom is 0.316 e. The van der Waals surface area contributed by atoms with Crippen molar-refractivity contribution in [3.05, 3.63) is 29.8 Å². The SMILES string of the molecule is CC(C)OCCCNC(=O)C(=O)NC(=O)c1ccc(N)cc1. The van der Waals surface area contributed by atoms with Gasteiger partial charge in [0.2, 0.25) is 0 Å².